The van der Waals surface area contributed by atoms with E-state index in [4.69, 9.17) is 15.2 Å². The van der Waals surface area contributed by atoms with Gasteiger partial charge in [0.1, 0.15) is 11.3 Å². The van der Waals surface area contributed by atoms with Gasteiger partial charge in [-0.05, 0) is 41.5 Å². The van der Waals surface area contributed by atoms with Crippen LogP contribution in [-0.4, -0.2) is 31.3 Å². The molecule has 0 heterocycles. The van der Waals surface area contributed by atoms with Crippen molar-refractivity contribution in [1.29, 1.82) is 0 Å². The Labute approximate surface area is 167 Å². The normalized spacial score (nSPS) is 23.2. The first-order valence-electron chi connectivity index (χ1n) is 9.07. The Hall–Kier alpha value is -1.82. The number of nitrogens with one attached hydrogen (secondary N) is 1. The first-order valence-corrected chi connectivity index (χ1v) is 9.07. The summed E-state index contributed by atoms with van der Waals surface area (Å²) in [6, 6.07) is 12.1. The van der Waals surface area contributed by atoms with Crippen LogP contribution >= 0.6 is 12.4 Å². The minimum atomic E-state index is -0.892. The molecule has 0 saturated heterocycles. The second-order valence-electron chi connectivity index (χ2n) is 7.57. The van der Waals surface area contributed by atoms with Crippen molar-refractivity contribution in [2.45, 2.75) is 45.4 Å². The van der Waals surface area contributed by atoms with Crippen molar-refractivity contribution in [3.63, 3.8) is 0 Å². The van der Waals surface area contributed by atoms with Crippen LogP contribution < -0.4 is 15.8 Å². The quantitative estimate of drug-likeness (QED) is 0.789. The molecule has 2 aromatic rings. The van der Waals surface area contributed by atoms with E-state index in [0.717, 1.165) is 22.1 Å². The summed E-state index contributed by atoms with van der Waals surface area (Å²) < 4.78 is 11.0. The van der Waals surface area contributed by atoms with E-state index in [1.165, 1.54) is 0 Å². The average Bonchev–Trinajstić information content (AvgIpc) is 2.65. The lowest BCUT2D eigenvalue weighted by Crippen LogP contribution is -2.75. The van der Waals surface area contributed by atoms with E-state index in [-0.39, 0.29) is 29.8 Å². The summed E-state index contributed by atoms with van der Waals surface area (Å²) in [5.41, 5.74) is 6.19. The number of rotatable bonds is 6. The molecule has 148 valence electrons. The minimum Gasteiger partial charge on any atom is -0.497 e. The van der Waals surface area contributed by atoms with Gasteiger partial charge in [-0.25, -0.2) is 0 Å². The van der Waals surface area contributed by atoms with Gasteiger partial charge in [0.15, 0.2) is 0 Å². The molecule has 0 spiro atoms. The number of fused-ring (bicyclic) bond motifs is 1. The van der Waals surface area contributed by atoms with Crippen molar-refractivity contribution >= 4 is 29.1 Å². The predicted molar refractivity (Wildman–Crippen MR) is 110 cm³/mol. The highest BCUT2D eigenvalue weighted by Crippen LogP contribution is 2.49. The summed E-state index contributed by atoms with van der Waals surface area (Å²) in [5, 5.41) is 5.22. The second kappa shape index (κ2) is 8.05. The van der Waals surface area contributed by atoms with Gasteiger partial charge < -0.3 is 20.5 Å². The van der Waals surface area contributed by atoms with Gasteiger partial charge in [-0.15, -0.1) is 12.4 Å². The fraction of sp³-hybridized carbons (Fsp3) is 0.476. The van der Waals surface area contributed by atoms with Crippen molar-refractivity contribution in [2.24, 2.45) is 11.1 Å². The molecule has 0 radical (unpaired) electrons. The fourth-order valence-corrected chi connectivity index (χ4v) is 3.67. The molecule has 3 rings (SSSR count). The third kappa shape index (κ3) is 3.77. The molecule has 2 atom stereocenters. The zero-order valence-corrected chi connectivity index (χ0v) is 17.2. The summed E-state index contributed by atoms with van der Waals surface area (Å²) in [7, 11) is 1.66. The molecule has 0 aromatic heterocycles. The lowest BCUT2D eigenvalue weighted by atomic mass is 9.54. The maximum absolute atomic E-state index is 12.7. The first kappa shape index (κ1) is 21.5. The van der Waals surface area contributed by atoms with E-state index in [2.05, 4.69) is 11.4 Å². The van der Waals surface area contributed by atoms with Gasteiger partial charge in [-0.2, -0.15) is 0 Å². The number of nitrogens with two attached hydrogens (primary N) is 1. The number of halogens is 1. The van der Waals surface area contributed by atoms with Crippen LogP contribution in [0.15, 0.2) is 36.4 Å². The number of methoxy groups -OCH3 is 1. The molecule has 1 aliphatic rings. The molecule has 5 nitrogen and oxygen atoms in total. The average molecular weight is 393 g/mol. The van der Waals surface area contributed by atoms with Crippen molar-refractivity contribution in [3.05, 3.63) is 42.0 Å². The van der Waals surface area contributed by atoms with E-state index in [1.54, 1.807) is 7.11 Å². The van der Waals surface area contributed by atoms with E-state index in [9.17, 15) is 4.79 Å². The molecule has 6 heteroatoms. The lowest BCUT2D eigenvalue weighted by Gasteiger charge is -2.57. The zero-order valence-electron chi connectivity index (χ0n) is 16.4. The van der Waals surface area contributed by atoms with Crippen LogP contribution in [0.25, 0.3) is 10.8 Å². The molecule has 0 bridgehead atoms. The van der Waals surface area contributed by atoms with Crippen molar-refractivity contribution in [1.82, 2.24) is 5.32 Å². The number of benzene rings is 2. The van der Waals surface area contributed by atoms with Crippen LogP contribution in [-0.2, 0) is 16.1 Å². The maximum Gasteiger partial charge on any atom is 0.241 e. The highest BCUT2D eigenvalue weighted by molar-refractivity contribution is 5.89. The summed E-state index contributed by atoms with van der Waals surface area (Å²) in [6.07, 6.45) is 0.580. The van der Waals surface area contributed by atoms with E-state index in [0.29, 0.717) is 19.6 Å². The van der Waals surface area contributed by atoms with E-state index >= 15 is 0 Å². The highest BCUT2D eigenvalue weighted by atomic mass is 35.5. The first-order chi connectivity index (χ1) is 12.3. The van der Waals surface area contributed by atoms with Crippen molar-refractivity contribution < 1.29 is 14.3 Å². The molecule has 2 aromatic carbocycles. The molecule has 1 aliphatic carbocycles. The summed E-state index contributed by atoms with van der Waals surface area (Å²) in [4.78, 5) is 12.7. The molecule has 3 N–H and O–H groups in total. The van der Waals surface area contributed by atoms with E-state index < -0.39 is 5.54 Å². The smallest absolute Gasteiger partial charge is 0.241 e. The summed E-state index contributed by atoms with van der Waals surface area (Å²) >= 11 is 0. The van der Waals surface area contributed by atoms with E-state index in [1.807, 2.05) is 51.1 Å². The van der Waals surface area contributed by atoms with Crippen LogP contribution in [0.1, 0.15) is 32.8 Å². The van der Waals surface area contributed by atoms with Crippen LogP contribution in [0.4, 0.5) is 0 Å². The number of ether oxygens (including phenoxy) is 2. The molecule has 27 heavy (non-hydrogen) atoms. The molecular formula is C21H29ClN2O3. The van der Waals surface area contributed by atoms with Crippen LogP contribution in [0.3, 0.4) is 0 Å². The lowest BCUT2D eigenvalue weighted by molar-refractivity contribution is -0.170. The number of carbonyl (C=O) groups is 1. The standard InChI is InChI=1S/C21H28N2O3.ClH/c1-5-26-18-12-21(22,20(18,2)3)19(24)23-13-14-6-7-16-11-17(25-4)9-8-15(16)10-14;/h6-11,18H,5,12-13,22H2,1-4H3,(H,23,24);1H. The molecule has 1 saturated carbocycles. The Balaban J connectivity index is 0.00000261. The van der Waals surface area contributed by atoms with Crippen molar-refractivity contribution in [2.75, 3.05) is 13.7 Å². The molecule has 1 amide bonds. The monoisotopic (exact) mass is 392 g/mol. The Morgan fingerprint density at radius 2 is 1.89 bits per heavy atom. The fourth-order valence-electron chi connectivity index (χ4n) is 3.67. The summed E-state index contributed by atoms with van der Waals surface area (Å²) in [5.74, 6) is 0.716. The third-order valence-corrected chi connectivity index (χ3v) is 5.80. The van der Waals surface area contributed by atoms with Gasteiger partial charge in [0.25, 0.3) is 0 Å². The molecule has 0 aliphatic heterocycles. The molecule has 1 fully saturated rings. The Bertz CT molecular complexity index is 824. The van der Waals surface area contributed by atoms with Crippen LogP contribution in [0.5, 0.6) is 5.75 Å². The molecule has 2 unspecified atom stereocenters. The van der Waals surface area contributed by atoms with Crippen LogP contribution in [0.2, 0.25) is 0 Å². The highest BCUT2D eigenvalue weighted by Gasteiger charge is 2.62. The van der Waals surface area contributed by atoms with Gasteiger partial charge in [0, 0.05) is 25.0 Å². The maximum atomic E-state index is 12.7. The predicted octanol–water partition coefficient (Wildman–Crippen LogP) is 3.42. The zero-order chi connectivity index (χ0) is 18.9. The van der Waals surface area contributed by atoms with Gasteiger partial charge in [-0.3, -0.25) is 4.79 Å². The van der Waals surface area contributed by atoms with Crippen LogP contribution in [0, 0.1) is 5.41 Å². The minimum absolute atomic E-state index is 0. The van der Waals surface area contributed by atoms with Gasteiger partial charge in [-0.1, -0.05) is 32.0 Å². The molecular weight excluding hydrogens is 364 g/mol. The van der Waals surface area contributed by atoms with Gasteiger partial charge in [0.2, 0.25) is 5.91 Å². The third-order valence-electron chi connectivity index (χ3n) is 5.80. The Morgan fingerprint density at radius 3 is 2.52 bits per heavy atom. The largest absolute Gasteiger partial charge is 0.497 e. The number of carbonyl (C=O) groups excluding carboxylic acids is 1. The Kier molecular flexibility index (Phi) is 6.40. The summed E-state index contributed by atoms with van der Waals surface area (Å²) in [6.45, 7) is 7.05. The topological polar surface area (TPSA) is 73.6 Å². The van der Waals surface area contributed by atoms with Gasteiger partial charge >= 0.3 is 0 Å². The Morgan fingerprint density at radius 1 is 1.22 bits per heavy atom. The number of amides is 1. The number of hydrogen-bond donors (Lipinski definition) is 2. The second-order valence-corrected chi connectivity index (χ2v) is 7.57. The van der Waals surface area contributed by atoms with Crippen molar-refractivity contribution in [3.8, 4) is 5.75 Å². The number of hydrogen-bond acceptors (Lipinski definition) is 4. The van der Waals surface area contributed by atoms with Gasteiger partial charge in [0.05, 0.1) is 13.2 Å². The SMILES string of the molecule is CCOC1CC(N)(C(=O)NCc2ccc3cc(OC)ccc3c2)C1(C)C.Cl.